The first-order chi connectivity index (χ1) is 8.80. The molecule has 0 aliphatic rings. The largest absolute Gasteiger partial charge is 0.377 e. The van der Waals surface area contributed by atoms with Crippen molar-refractivity contribution in [3.05, 3.63) is 23.9 Å². The summed E-state index contributed by atoms with van der Waals surface area (Å²) < 4.78 is 31.7. The molecule has 1 aromatic heterocycles. The van der Waals surface area contributed by atoms with Crippen molar-refractivity contribution < 1.29 is 13.2 Å². The highest BCUT2D eigenvalue weighted by atomic mass is 32.2. The molecule has 7 heteroatoms. The highest BCUT2D eigenvalue weighted by Crippen LogP contribution is 2.10. The Morgan fingerprint density at radius 3 is 2.53 bits per heavy atom. The number of ether oxygens (including phenoxy) is 1. The van der Waals surface area contributed by atoms with Crippen LogP contribution in [0.2, 0.25) is 0 Å². The molecule has 1 rings (SSSR count). The van der Waals surface area contributed by atoms with Gasteiger partial charge >= 0.3 is 0 Å². The third-order valence-electron chi connectivity index (χ3n) is 2.69. The second-order valence-corrected chi connectivity index (χ2v) is 6.54. The Morgan fingerprint density at radius 1 is 1.37 bits per heavy atom. The van der Waals surface area contributed by atoms with Gasteiger partial charge in [-0.25, -0.2) is 18.1 Å². The second kappa shape index (κ2) is 6.42. The highest BCUT2D eigenvalue weighted by molar-refractivity contribution is 7.89. The van der Waals surface area contributed by atoms with E-state index in [1.807, 2.05) is 7.05 Å². The first kappa shape index (κ1) is 16.0. The second-order valence-electron chi connectivity index (χ2n) is 4.82. The number of nitrogens with one attached hydrogen (secondary N) is 2. The summed E-state index contributed by atoms with van der Waals surface area (Å²) in [7, 11) is -0.238. The number of methoxy groups -OCH3 is 1. The molecule has 19 heavy (non-hydrogen) atoms. The maximum Gasteiger partial charge on any atom is 0.258 e. The smallest absolute Gasteiger partial charge is 0.258 e. The molecule has 0 radical (unpaired) electrons. The van der Waals surface area contributed by atoms with Crippen molar-refractivity contribution in [3.63, 3.8) is 0 Å². The monoisotopic (exact) mass is 287 g/mol. The van der Waals surface area contributed by atoms with Crippen molar-refractivity contribution in [2.24, 2.45) is 0 Å². The fourth-order valence-corrected chi connectivity index (χ4v) is 2.42. The summed E-state index contributed by atoms with van der Waals surface area (Å²) in [6, 6.07) is 3.23. The Bertz CT molecular complexity index is 497. The van der Waals surface area contributed by atoms with E-state index in [-0.39, 0.29) is 11.6 Å². The van der Waals surface area contributed by atoms with Gasteiger partial charge in [0, 0.05) is 26.4 Å². The third-order valence-corrected chi connectivity index (χ3v) is 4.01. The Balaban J connectivity index is 2.77. The van der Waals surface area contributed by atoms with Crippen LogP contribution in [0.5, 0.6) is 0 Å². The van der Waals surface area contributed by atoms with Crippen LogP contribution in [0.15, 0.2) is 23.4 Å². The molecular formula is C12H21N3O3S. The lowest BCUT2D eigenvalue weighted by atomic mass is 10.1. The molecule has 0 amide bonds. The van der Waals surface area contributed by atoms with Crippen molar-refractivity contribution in [1.82, 2.24) is 15.0 Å². The number of nitrogens with zero attached hydrogens (tertiary/aromatic N) is 1. The zero-order valence-electron chi connectivity index (χ0n) is 11.7. The number of hydrogen-bond acceptors (Lipinski definition) is 5. The molecule has 1 aromatic rings. The Labute approximate surface area is 114 Å². The molecule has 0 aromatic carbocycles. The van der Waals surface area contributed by atoms with Crippen molar-refractivity contribution >= 4 is 10.0 Å². The summed E-state index contributed by atoms with van der Waals surface area (Å²) in [5.74, 6) is 0. The lowest BCUT2D eigenvalue weighted by Gasteiger charge is -2.22. The van der Waals surface area contributed by atoms with E-state index in [1.54, 1.807) is 33.2 Å². The Hall–Kier alpha value is -1.02. The highest BCUT2D eigenvalue weighted by Gasteiger charge is 2.22. The molecule has 0 bridgehead atoms. The predicted molar refractivity (Wildman–Crippen MR) is 73.3 cm³/mol. The summed E-state index contributed by atoms with van der Waals surface area (Å²) in [5.41, 5.74) is 0.373. The van der Waals surface area contributed by atoms with Crippen LogP contribution in [0.25, 0.3) is 0 Å². The third kappa shape index (κ3) is 4.87. The SMILES string of the molecule is CNCc1ccc(S(=O)(=O)NCC(C)(C)OC)nc1. The maximum absolute atomic E-state index is 12.0. The van der Waals surface area contributed by atoms with Crippen LogP contribution in [-0.2, 0) is 21.3 Å². The van der Waals surface area contributed by atoms with E-state index in [0.29, 0.717) is 6.54 Å². The van der Waals surface area contributed by atoms with E-state index in [4.69, 9.17) is 4.74 Å². The molecule has 0 atom stereocenters. The average molecular weight is 287 g/mol. The van der Waals surface area contributed by atoms with Crippen LogP contribution in [-0.4, -0.2) is 39.7 Å². The van der Waals surface area contributed by atoms with E-state index in [9.17, 15) is 8.42 Å². The Kier molecular flexibility index (Phi) is 5.42. The lowest BCUT2D eigenvalue weighted by Crippen LogP contribution is -2.39. The molecule has 0 saturated carbocycles. The first-order valence-corrected chi connectivity index (χ1v) is 7.43. The first-order valence-electron chi connectivity index (χ1n) is 5.95. The molecule has 6 nitrogen and oxygen atoms in total. The summed E-state index contributed by atoms with van der Waals surface area (Å²) in [4.78, 5) is 3.96. The Morgan fingerprint density at radius 2 is 2.05 bits per heavy atom. The number of sulfonamides is 1. The normalized spacial score (nSPS) is 12.6. The van der Waals surface area contributed by atoms with Gasteiger partial charge in [0.1, 0.15) is 0 Å². The lowest BCUT2D eigenvalue weighted by molar-refractivity contribution is 0.0276. The van der Waals surface area contributed by atoms with Crippen LogP contribution in [0, 0.1) is 0 Å². The minimum Gasteiger partial charge on any atom is -0.377 e. The van der Waals surface area contributed by atoms with Gasteiger partial charge in [0.05, 0.1) is 5.60 Å². The van der Waals surface area contributed by atoms with Gasteiger partial charge in [0.2, 0.25) is 0 Å². The minimum absolute atomic E-state index is 0.0132. The van der Waals surface area contributed by atoms with Crippen LogP contribution < -0.4 is 10.0 Å². The van der Waals surface area contributed by atoms with E-state index < -0.39 is 15.6 Å². The number of rotatable bonds is 7. The fourth-order valence-electron chi connectivity index (χ4n) is 1.29. The molecule has 1 heterocycles. The van der Waals surface area contributed by atoms with Gasteiger partial charge in [-0.05, 0) is 32.5 Å². The van der Waals surface area contributed by atoms with Crippen molar-refractivity contribution in [1.29, 1.82) is 0 Å². The van der Waals surface area contributed by atoms with Gasteiger partial charge in [-0.2, -0.15) is 0 Å². The molecule has 0 aliphatic carbocycles. The van der Waals surface area contributed by atoms with Crippen LogP contribution in [0.1, 0.15) is 19.4 Å². The summed E-state index contributed by atoms with van der Waals surface area (Å²) >= 11 is 0. The zero-order chi connectivity index (χ0) is 14.5. The fraction of sp³-hybridized carbons (Fsp3) is 0.583. The molecule has 2 N–H and O–H groups in total. The van der Waals surface area contributed by atoms with Crippen molar-refractivity contribution in [2.45, 2.75) is 31.0 Å². The zero-order valence-corrected chi connectivity index (χ0v) is 12.5. The minimum atomic E-state index is -3.60. The molecule has 0 fully saturated rings. The number of hydrogen-bond donors (Lipinski definition) is 2. The standard InChI is InChI=1S/C12H21N3O3S/c1-12(2,18-4)9-15-19(16,17)11-6-5-10(7-13-3)8-14-11/h5-6,8,13,15H,7,9H2,1-4H3. The van der Waals surface area contributed by atoms with E-state index in [2.05, 4.69) is 15.0 Å². The quantitative estimate of drug-likeness (QED) is 0.763. The van der Waals surface area contributed by atoms with Gasteiger partial charge < -0.3 is 10.1 Å². The molecule has 0 spiro atoms. The van der Waals surface area contributed by atoms with E-state index >= 15 is 0 Å². The van der Waals surface area contributed by atoms with Gasteiger partial charge in [-0.1, -0.05) is 6.07 Å². The van der Waals surface area contributed by atoms with Gasteiger partial charge in [-0.3, -0.25) is 0 Å². The maximum atomic E-state index is 12.0. The molecule has 0 saturated heterocycles. The molecule has 108 valence electrons. The number of aromatic nitrogens is 1. The average Bonchev–Trinajstić information content (AvgIpc) is 2.38. The van der Waals surface area contributed by atoms with Gasteiger partial charge in [-0.15, -0.1) is 0 Å². The number of pyridine rings is 1. The van der Waals surface area contributed by atoms with Crippen molar-refractivity contribution in [3.8, 4) is 0 Å². The van der Waals surface area contributed by atoms with Gasteiger partial charge in [0.15, 0.2) is 5.03 Å². The van der Waals surface area contributed by atoms with Gasteiger partial charge in [0.25, 0.3) is 10.0 Å². The predicted octanol–water partition coefficient (Wildman–Crippen LogP) is 0.504. The van der Waals surface area contributed by atoms with E-state index in [1.165, 1.54) is 6.07 Å². The van der Waals surface area contributed by atoms with Crippen LogP contribution in [0.3, 0.4) is 0 Å². The van der Waals surface area contributed by atoms with Crippen LogP contribution in [0.4, 0.5) is 0 Å². The summed E-state index contributed by atoms with van der Waals surface area (Å²) in [6.45, 7) is 4.45. The summed E-state index contributed by atoms with van der Waals surface area (Å²) in [5, 5.41) is 2.99. The van der Waals surface area contributed by atoms with Crippen LogP contribution >= 0.6 is 0 Å². The topological polar surface area (TPSA) is 80.3 Å². The molecular weight excluding hydrogens is 266 g/mol. The molecule has 0 aliphatic heterocycles. The van der Waals surface area contributed by atoms with E-state index in [0.717, 1.165) is 5.56 Å². The van der Waals surface area contributed by atoms with Crippen molar-refractivity contribution in [2.75, 3.05) is 20.7 Å². The summed E-state index contributed by atoms with van der Waals surface area (Å²) in [6.07, 6.45) is 1.55. The molecule has 0 unspecified atom stereocenters.